The molecule has 1 aromatic rings. The minimum absolute atomic E-state index is 0.316. The van der Waals surface area contributed by atoms with E-state index in [1.807, 2.05) is 52.8 Å². The predicted molar refractivity (Wildman–Crippen MR) is 137 cm³/mol. The average molecular weight is 517 g/mol. The molecule has 1 aromatic carbocycles. The van der Waals surface area contributed by atoms with Crippen LogP contribution in [0.1, 0.15) is 86.1 Å². The van der Waals surface area contributed by atoms with E-state index in [1.165, 1.54) is 0 Å². The summed E-state index contributed by atoms with van der Waals surface area (Å²) in [6, 6.07) is 8.02. The molecule has 34 heavy (non-hydrogen) atoms. The second-order valence-electron chi connectivity index (χ2n) is 10.0. The van der Waals surface area contributed by atoms with Crippen LogP contribution >= 0.6 is 23.2 Å². The third-order valence-electron chi connectivity index (χ3n) is 5.30. The van der Waals surface area contributed by atoms with Crippen molar-refractivity contribution in [2.24, 2.45) is 0 Å². The van der Waals surface area contributed by atoms with E-state index in [9.17, 15) is 9.59 Å². The lowest BCUT2D eigenvalue weighted by Crippen LogP contribution is -2.50. The van der Waals surface area contributed by atoms with Crippen molar-refractivity contribution in [3.63, 3.8) is 0 Å². The molecule has 0 saturated heterocycles. The number of halogens is 2. The van der Waals surface area contributed by atoms with Crippen LogP contribution in [0.25, 0.3) is 0 Å². The predicted octanol–water partition coefficient (Wildman–Crippen LogP) is 7.72. The molecule has 7 nitrogen and oxygen atoms in total. The van der Waals surface area contributed by atoms with Crippen molar-refractivity contribution in [2.45, 2.75) is 97.3 Å². The Labute approximate surface area is 213 Å². The van der Waals surface area contributed by atoms with Crippen molar-refractivity contribution in [3.05, 3.63) is 29.8 Å². The minimum atomic E-state index is -0.889. The molecule has 0 aromatic heterocycles. The van der Waals surface area contributed by atoms with Gasteiger partial charge in [-0.25, -0.2) is 9.59 Å². The van der Waals surface area contributed by atoms with E-state index >= 15 is 0 Å². The van der Waals surface area contributed by atoms with Crippen LogP contribution in [0.15, 0.2) is 24.3 Å². The molecule has 1 N–H and O–H groups in total. The fraction of sp³-hybridized carbons (Fsp3) is 0.640. The molecule has 192 valence electrons. The van der Waals surface area contributed by atoms with Gasteiger partial charge in [0.15, 0.2) is 0 Å². The molecular weight excluding hydrogens is 479 g/mol. The molecule has 0 bridgehead atoms. The number of rotatable bonds is 8. The van der Waals surface area contributed by atoms with Gasteiger partial charge in [-0.05, 0) is 83.1 Å². The quantitative estimate of drug-likeness (QED) is 0.357. The van der Waals surface area contributed by atoms with Crippen LogP contribution in [0.4, 0.5) is 20.1 Å². The number of nitrogens with one attached hydrogen (secondary N) is 1. The highest BCUT2D eigenvalue weighted by Gasteiger charge is 2.44. The van der Waals surface area contributed by atoms with Gasteiger partial charge in [-0.3, -0.25) is 9.69 Å². The van der Waals surface area contributed by atoms with Crippen LogP contribution in [0.3, 0.4) is 0 Å². The number of carbonyl (C=O) groups is 3. The fourth-order valence-corrected chi connectivity index (χ4v) is 4.02. The molecule has 0 aliphatic carbocycles. The number of carbonyl (C=O) groups excluding carboxylic acids is 3. The maximum absolute atomic E-state index is 13.0. The molecule has 1 aliphatic heterocycles. The maximum Gasteiger partial charge on any atom is 0.415 e. The van der Waals surface area contributed by atoms with Gasteiger partial charge in [0, 0.05) is 17.6 Å². The Bertz CT molecular complexity index is 842. The third kappa shape index (κ3) is 9.34. The van der Waals surface area contributed by atoms with Crippen LogP contribution < -0.4 is 10.2 Å². The summed E-state index contributed by atoms with van der Waals surface area (Å²) in [5.74, 6) is 0. The zero-order valence-corrected chi connectivity index (χ0v) is 22.8. The Hall–Kier alpha value is -1.99. The van der Waals surface area contributed by atoms with Gasteiger partial charge in [-0.1, -0.05) is 44.9 Å². The molecule has 9 heteroatoms. The van der Waals surface area contributed by atoms with E-state index in [1.54, 1.807) is 4.90 Å². The van der Waals surface area contributed by atoms with Crippen molar-refractivity contribution in [2.75, 3.05) is 11.4 Å². The first-order chi connectivity index (χ1) is 15.7. The molecule has 0 radical (unpaired) electrons. The normalized spacial score (nSPS) is 14.9. The topological polar surface area (TPSA) is 84.9 Å². The highest BCUT2D eigenvalue weighted by Crippen LogP contribution is 2.45. The van der Waals surface area contributed by atoms with E-state index in [0.29, 0.717) is 13.0 Å². The SMILES string of the molecule is CCCC1(CCC)OC(=O)N(CCC(C)(C)NC(=O)OC(C)(C)C)c2ccccc21.O=C(Cl)Cl. The van der Waals surface area contributed by atoms with Crippen molar-refractivity contribution in [3.8, 4) is 0 Å². The van der Waals surface area contributed by atoms with E-state index < -0.39 is 27.5 Å². The number of amides is 2. The second-order valence-corrected chi connectivity index (χ2v) is 10.9. The molecule has 0 atom stereocenters. The van der Waals surface area contributed by atoms with Crippen LogP contribution in [0, 0.1) is 0 Å². The first-order valence-corrected chi connectivity index (χ1v) is 12.4. The number of hydrogen-bond donors (Lipinski definition) is 1. The number of nitrogens with zero attached hydrogens (tertiary/aromatic N) is 1. The molecule has 0 saturated carbocycles. The van der Waals surface area contributed by atoms with Crippen molar-refractivity contribution in [1.82, 2.24) is 5.32 Å². The number of ether oxygens (including phenoxy) is 2. The maximum atomic E-state index is 13.0. The average Bonchev–Trinajstić information content (AvgIpc) is 2.65. The second kappa shape index (κ2) is 12.6. The van der Waals surface area contributed by atoms with Crippen molar-refractivity contribution in [1.29, 1.82) is 0 Å². The van der Waals surface area contributed by atoms with Crippen molar-refractivity contribution >= 4 is 45.8 Å². The number of benzene rings is 1. The zero-order valence-electron chi connectivity index (χ0n) is 21.3. The summed E-state index contributed by atoms with van der Waals surface area (Å²) in [7, 11) is 0. The summed E-state index contributed by atoms with van der Waals surface area (Å²) in [5, 5.41) is 2.91. The van der Waals surface area contributed by atoms with E-state index in [-0.39, 0.29) is 6.09 Å². The monoisotopic (exact) mass is 516 g/mol. The Morgan fingerprint density at radius 1 is 1.06 bits per heavy atom. The number of fused-ring (bicyclic) bond motifs is 1. The smallest absolute Gasteiger partial charge is 0.415 e. The van der Waals surface area contributed by atoms with Gasteiger partial charge in [0.05, 0.1) is 5.69 Å². The van der Waals surface area contributed by atoms with Crippen LogP contribution in [-0.2, 0) is 15.1 Å². The molecule has 1 aliphatic rings. The molecule has 2 rings (SSSR count). The lowest BCUT2D eigenvalue weighted by atomic mass is 9.82. The van der Waals surface area contributed by atoms with Crippen LogP contribution in [0.2, 0.25) is 0 Å². The van der Waals surface area contributed by atoms with Gasteiger partial charge in [0.25, 0.3) is 0 Å². The summed E-state index contributed by atoms with van der Waals surface area (Å²) < 4.78 is 10.6. The summed E-state index contributed by atoms with van der Waals surface area (Å²) in [6.45, 7) is 14.0. The summed E-state index contributed by atoms with van der Waals surface area (Å²) in [6.07, 6.45) is 3.28. The Morgan fingerprint density at radius 2 is 1.59 bits per heavy atom. The Morgan fingerprint density at radius 3 is 2.09 bits per heavy atom. The number of cyclic esters (lactones) is 1. The molecule has 1 heterocycles. The van der Waals surface area contributed by atoms with Crippen LogP contribution in [0.5, 0.6) is 0 Å². The molecule has 0 fully saturated rings. The lowest BCUT2D eigenvalue weighted by molar-refractivity contribution is -0.00974. The van der Waals surface area contributed by atoms with Gasteiger partial charge in [0.1, 0.15) is 11.2 Å². The number of alkyl carbamates (subject to hydrolysis) is 1. The van der Waals surface area contributed by atoms with E-state index in [2.05, 4.69) is 48.4 Å². The van der Waals surface area contributed by atoms with Crippen LogP contribution in [-0.4, -0.2) is 34.6 Å². The molecule has 0 unspecified atom stereocenters. The molecule has 0 spiro atoms. The summed E-state index contributed by atoms with van der Waals surface area (Å²) >= 11 is 8.80. The van der Waals surface area contributed by atoms with Gasteiger partial charge < -0.3 is 14.8 Å². The Balaban J connectivity index is 0.00000133. The zero-order chi connectivity index (χ0) is 26.2. The molecule has 2 amide bonds. The Kier molecular flexibility index (Phi) is 11.2. The lowest BCUT2D eigenvalue weighted by Gasteiger charge is -2.43. The van der Waals surface area contributed by atoms with Gasteiger partial charge in [0.2, 0.25) is 0 Å². The van der Waals surface area contributed by atoms with E-state index in [4.69, 9.17) is 14.3 Å². The number of para-hydroxylation sites is 1. The molecular formula is C25H38Cl2N2O5. The van der Waals surface area contributed by atoms with Crippen molar-refractivity contribution < 1.29 is 23.9 Å². The number of anilines is 1. The fourth-order valence-electron chi connectivity index (χ4n) is 4.02. The highest BCUT2D eigenvalue weighted by atomic mass is 35.5. The first-order valence-electron chi connectivity index (χ1n) is 11.6. The summed E-state index contributed by atoms with van der Waals surface area (Å²) in [4.78, 5) is 35.9. The first kappa shape index (κ1) is 30.0. The third-order valence-corrected chi connectivity index (χ3v) is 5.30. The van der Waals surface area contributed by atoms with E-state index in [0.717, 1.165) is 36.9 Å². The minimum Gasteiger partial charge on any atom is -0.444 e. The largest absolute Gasteiger partial charge is 0.444 e. The highest BCUT2D eigenvalue weighted by molar-refractivity contribution is 6.93. The summed E-state index contributed by atoms with van der Waals surface area (Å²) in [5.41, 5.74) is 0.323. The van der Waals surface area contributed by atoms with Gasteiger partial charge in [-0.2, -0.15) is 0 Å². The standard InChI is InChI=1S/C24H38N2O4.CCl2O/c1-8-14-24(15-9-2)18-12-10-11-13-19(18)26(21(28)30-24)17-16-23(6,7)25-20(27)29-22(3,4)5;2-1(3)4/h10-13H,8-9,14-17H2,1-7H3,(H,25,27);. The number of hydrogen-bond acceptors (Lipinski definition) is 5. The van der Waals surface area contributed by atoms with Gasteiger partial charge >= 0.3 is 16.9 Å². The van der Waals surface area contributed by atoms with Gasteiger partial charge in [-0.15, -0.1) is 0 Å².